The van der Waals surface area contributed by atoms with Crippen LogP contribution in [0.1, 0.15) is 0 Å². The van der Waals surface area contributed by atoms with Crippen molar-refractivity contribution in [2.45, 2.75) is 4.90 Å². The molecular weight excluding hydrogens is 340 g/mol. The van der Waals surface area contributed by atoms with Gasteiger partial charge in [-0.25, -0.2) is 13.2 Å². The van der Waals surface area contributed by atoms with Gasteiger partial charge in [-0.05, 0) is 18.2 Å². The van der Waals surface area contributed by atoms with Gasteiger partial charge in [-0.2, -0.15) is 0 Å². The third kappa shape index (κ3) is 2.51. The lowest BCUT2D eigenvalue weighted by Crippen LogP contribution is -2.26. The van der Waals surface area contributed by atoms with E-state index >= 15 is 0 Å². The first-order valence-electron chi connectivity index (χ1n) is 6.65. The summed E-state index contributed by atoms with van der Waals surface area (Å²) in [5.74, 6) is -0.581. The zero-order valence-corrected chi connectivity index (χ0v) is 13.9. The van der Waals surface area contributed by atoms with Gasteiger partial charge in [0.2, 0.25) is 0 Å². The number of nitrogens with zero attached hydrogens (tertiary/aromatic N) is 2. The first-order valence-corrected chi connectivity index (χ1v) is 8.47. The highest BCUT2D eigenvalue weighted by Crippen LogP contribution is 2.30. The fourth-order valence-corrected chi connectivity index (χ4v) is 3.96. The largest absolute Gasteiger partial charge is 0.419 e. The summed E-state index contributed by atoms with van der Waals surface area (Å²) in [6, 6.07) is 11.3. The Morgan fingerprint density at radius 3 is 2.48 bits per heavy atom. The van der Waals surface area contributed by atoms with Crippen LogP contribution in [0.15, 0.2) is 56.6 Å². The molecule has 0 fully saturated rings. The summed E-state index contributed by atoms with van der Waals surface area (Å²) < 4.78 is 33.0. The third-order valence-electron chi connectivity index (χ3n) is 3.60. The van der Waals surface area contributed by atoms with Crippen LogP contribution in [-0.2, 0) is 17.1 Å². The number of aryl methyl sites for hydroxylation is 1. The molecule has 0 amide bonds. The monoisotopic (exact) mass is 352 g/mol. The Morgan fingerprint density at radius 1 is 1.17 bits per heavy atom. The van der Waals surface area contributed by atoms with Crippen LogP contribution in [0.5, 0.6) is 0 Å². The van der Waals surface area contributed by atoms with Crippen LogP contribution in [0.3, 0.4) is 0 Å². The second kappa shape index (κ2) is 5.43. The van der Waals surface area contributed by atoms with Gasteiger partial charge in [-0.15, -0.1) is 0 Å². The van der Waals surface area contributed by atoms with Gasteiger partial charge in [0.05, 0.1) is 16.2 Å². The number of halogens is 1. The van der Waals surface area contributed by atoms with Crippen molar-refractivity contribution < 1.29 is 12.8 Å². The second-order valence-corrected chi connectivity index (χ2v) is 7.33. The van der Waals surface area contributed by atoms with E-state index < -0.39 is 15.8 Å². The lowest BCUT2D eigenvalue weighted by atomic mass is 10.3. The molecule has 0 saturated heterocycles. The maximum absolute atomic E-state index is 12.8. The lowest BCUT2D eigenvalue weighted by molar-refractivity contribution is 0.527. The lowest BCUT2D eigenvalue weighted by Gasteiger charge is -2.20. The molecule has 0 atom stereocenters. The SMILES string of the molecule is CN(c1ccccc1)S(=O)(=O)c1cc2oc(=O)n(C)c2cc1Cl. The predicted molar refractivity (Wildman–Crippen MR) is 88.5 cm³/mol. The molecule has 23 heavy (non-hydrogen) atoms. The minimum atomic E-state index is -3.89. The van der Waals surface area contributed by atoms with E-state index in [4.69, 9.17) is 16.0 Å². The van der Waals surface area contributed by atoms with Crippen molar-refractivity contribution in [3.63, 3.8) is 0 Å². The second-order valence-electron chi connectivity index (χ2n) is 4.99. The molecule has 0 aliphatic rings. The normalized spacial score (nSPS) is 11.8. The molecule has 0 bridgehead atoms. The molecule has 1 aromatic heterocycles. The number of anilines is 1. The first kappa shape index (κ1) is 15.6. The van der Waals surface area contributed by atoms with Crippen LogP contribution in [0.25, 0.3) is 11.1 Å². The molecule has 0 spiro atoms. The van der Waals surface area contributed by atoms with Gasteiger partial charge in [-0.1, -0.05) is 29.8 Å². The number of rotatable bonds is 3. The van der Waals surface area contributed by atoms with E-state index in [1.165, 1.54) is 30.8 Å². The number of benzene rings is 2. The zero-order chi connectivity index (χ0) is 16.8. The van der Waals surface area contributed by atoms with Crippen LogP contribution < -0.4 is 10.1 Å². The van der Waals surface area contributed by atoms with Crippen molar-refractivity contribution in [1.82, 2.24) is 4.57 Å². The highest BCUT2D eigenvalue weighted by Gasteiger charge is 2.26. The van der Waals surface area contributed by atoms with Gasteiger partial charge in [0.15, 0.2) is 5.58 Å². The number of hydrogen-bond acceptors (Lipinski definition) is 4. The fourth-order valence-electron chi connectivity index (χ4n) is 2.25. The molecule has 6 nitrogen and oxygen atoms in total. The summed E-state index contributed by atoms with van der Waals surface area (Å²) >= 11 is 6.14. The summed E-state index contributed by atoms with van der Waals surface area (Å²) in [4.78, 5) is 11.4. The predicted octanol–water partition coefficient (Wildman–Crippen LogP) is 2.61. The molecule has 1 heterocycles. The maximum atomic E-state index is 12.8. The summed E-state index contributed by atoms with van der Waals surface area (Å²) in [6.07, 6.45) is 0. The number of aromatic nitrogens is 1. The molecule has 3 aromatic rings. The molecule has 0 aliphatic heterocycles. The van der Waals surface area contributed by atoms with Crippen molar-refractivity contribution in [1.29, 1.82) is 0 Å². The molecule has 0 saturated carbocycles. The third-order valence-corrected chi connectivity index (χ3v) is 5.85. The molecule has 0 unspecified atom stereocenters. The maximum Gasteiger partial charge on any atom is 0.419 e. The van der Waals surface area contributed by atoms with Crippen molar-refractivity contribution in [2.24, 2.45) is 7.05 Å². The van der Waals surface area contributed by atoms with E-state index in [2.05, 4.69) is 0 Å². The molecule has 8 heteroatoms. The van der Waals surface area contributed by atoms with Crippen molar-refractivity contribution >= 4 is 38.4 Å². The van der Waals surface area contributed by atoms with E-state index in [0.717, 1.165) is 4.31 Å². The zero-order valence-electron chi connectivity index (χ0n) is 12.4. The summed E-state index contributed by atoms with van der Waals surface area (Å²) in [5, 5.41) is 0.0247. The molecule has 0 N–H and O–H groups in total. The number of hydrogen-bond donors (Lipinski definition) is 0. The van der Waals surface area contributed by atoms with Crippen LogP contribution in [0, 0.1) is 0 Å². The van der Waals surface area contributed by atoms with Gasteiger partial charge in [0.25, 0.3) is 10.0 Å². The quantitative estimate of drug-likeness (QED) is 0.726. The Kier molecular flexibility index (Phi) is 3.69. The van der Waals surface area contributed by atoms with Gasteiger partial charge in [0.1, 0.15) is 4.90 Å². The van der Waals surface area contributed by atoms with Crippen LogP contribution in [-0.4, -0.2) is 20.0 Å². The summed E-state index contributed by atoms with van der Waals surface area (Å²) in [6.45, 7) is 0. The van der Waals surface area contributed by atoms with E-state index in [1.807, 2.05) is 0 Å². The molecular formula is C15H13ClN2O4S. The topological polar surface area (TPSA) is 72.5 Å². The van der Waals surface area contributed by atoms with Crippen molar-refractivity contribution in [3.05, 3.63) is 58.0 Å². The Bertz CT molecular complexity index is 1040. The Hall–Kier alpha value is -2.25. The minimum absolute atomic E-state index is 0.0247. The van der Waals surface area contributed by atoms with Crippen molar-refractivity contribution in [3.8, 4) is 0 Å². The highest BCUT2D eigenvalue weighted by molar-refractivity contribution is 7.93. The number of fused-ring (bicyclic) bond motifs is 1. The Labute approximate surface area is 137 Å². The molecule has 2 aromatic carbocycles. The molecule has 120 valence electrons. The molecule has 0 aliphatic carbocycles. The van der Waals surface area contributed by atoms with Gasteiger partial charge < -0.3 is 4.42 Å². The highest BCUT2D eigenvalue weighted by atomic mass is 35.5. The summed E-state index contributed by atoms with van der Waals surface area (Å²) in [5.41, 5.74) is 1.10. The van der Waals surface area contributed by atoms with Crippen molar-refractivity contribution in [2.75, 3.05) is 11.4 Å². The van der Waals surface area contributed by atoms with E-state index in [-0.39, 0.29) is 15.5 Å². The van der Waals surface area contributed by atoms with Gasteiger partial charge in [0, 0.05) is 20.2 Å². The van der Waals surface area contributed by atoms with Crippen LogP contribution in [0.4, 0.5) is 5.69 Å². The average Bonchev–Trinajstić information content (AvgIpc) is 2.81. The van der Waals surface area contributed by atoms with E-state index in [0.29, 0.717) is 11.2 Å². The van der Waals surface area contributed by atoms with Gasteiger partial charge in [-0.3, -0.25) is 8.87 Å². The first-order chi connectivity index (χ1) is 10.8. The molecule has 0 radical (unpaired) electrons. The number of sulfonamides is 1. The smallest absolute Gasteiger partial charge is 0.408 e. The Balaban J connectivity index is 2.19. The molecule has 3 rings (SSSR count). The van der Waals surface area contributed by atoms with E-state index in [9.17, 15) is 13.2 Å². The summed E-state index contributed by atoms with van der Waals surface area (Å²) in [7, 11) is -0.928. The fraction of sp³-hybridized carbons (Fsp3) is 0.133. The average molecular weight is 353 g/mol. The van der Waals surface area contributed by atoms with Crippen LogP contribution >= 0.6 is 11.6 Å². The standard InChI is InChI=1S/C15H13ClN2O4S/c1-17-12-8-11(16)14(9-13(12)22-15(17)19)23(20,21)18(2)10-6-4-3-5-7-10/h3-9H,1-2H3. The minimum Gasteiger partial charge on any atom is -0.408 e. The van der Waals surface area contributed by atoms with E-state index in [1.54, 1.807) is 30.3 Å². The number of para-hydroxylation sites is 1. The number of oxazole rings is 1. The van der Waals surface area contributed by atoms with Gasteiger partial charge >= 0.3 is 5.76 Å². The Morgan fingerprint density at radius 2 is 1.83 bits per heavy atom. The van der Waals surface area contributed by atoms with Crippen LogP contribution in [0.2, 0.25) is 5.02 Å².